The Morgan fingerprint density at radius 1 is 1.18 bits per heavy atom. The Kier molecular flexibility index (Phi) is 4.99. The van der Waals surface area contributed by atoms with E-state index in [1.807, 2.05) is 40.4 Å². The number of fused-ring (bicyclic) bond motifs is 2. The van der Waals surface area contributed by atoms with E-state index in [-0.39, 0.29) is 24.1 Å². The van der Waals surface area contributed by atoms with Gasteiger partial charge >= 0.3 is 0 Å². The number of rotatable bonds is 2. The standard InChI is InChI=1S/C25H30N6O2/c1-16-14-31-22(27-24(16)29-12-9-18(32)15-29)13-20(28-31)21-7-2-3-11-30(21)25(33)19-6-4-5-17-8-10-26-23(17)19/h4-6,8,10,13-14,18,20-21,26,28,32H,2-3,7,9,11-12,15H2,1H3/t18-,20?,21?/m1/s1. The summed E-state index contributed by atoms with van der Waals surface area (Å²) in [7, 11) is 0. The minimum Gasteiger partial charge on any atom is -0.391 e. The lowest BCUT2D eigenvalue weighted by molar-refractivity contribution is 0.0563. The van der Waals surface area contributed by atoms with Crippen molar-refractivity contribution >= 4 is 22.6 Å². The number of amidine groups is 1. The molecule has 6 rings (SSSR count). The van der Waals surface area contributed by atoms with Crippen molar-refractivity contribution in [3.05, 3.63) is 59.7 Å². The molecule has 4 aliphatic heterocycles. The van der Waals surface area contributed by atoms with Gasteiger partial charge in [0.25, 0.3) is 5.91 Å². The number of β-amino-alcohol motifs (C(OH)–C–C–N with tert-alkyl or cyclic N) is 1. The largest absolute Gasteiger partial charge is 0.391 e. The summed E-state index contributed by atoms with van der Waals surface area (Å²) in [6, 6.07) is 7.98. The van der Waals surface area contributed by atoms with Crippen molar-refractivity contribution < 1.29 is 9.90 Å². The second kappa shape index (κ2) is 8.04. The van der Waals surface area contributed by atoms with Gasteiger partial charge in [0.05, 0.1) is 29.3 Å². The average Bonchev–Trinajstić information content (AvgIpc) is 3.57. The van der Waals surface area contributed by atoms with Crippen LogP contribution in [0.15, 0.2) is 59.1 Å². The fourth-order valence-corrected chi connectivity index (χ4v) is 5.60. The first-order chi connectivity index (χ1) is 16.1. The third kappa shape index (κ3) is 3.54. The highest BCUT2D eigenvalue weighted by Crippen LogP contribution is 2.31. The van der Waals surface area contributed by atoms with Gasteiger partial charge in [-0.05, 0) is 50.8 Å². The number of benzene rings is 1. The number of para-hydroxylation sites is 1. The molecule has 172 valence electrons. The number of aliphatic hydroxyl groups excluding tert-OH is 1. The lowest BCUT2D eigenvalue weighted by Crippen LogP contribution is -2.54. The molecule has 1 amide bonds. The number of nitrogens with one attached hydrogen (secondary N) is 2. The maximum absolute atomic E-state index is 13.7. The van der Waals surface area contributed by atoms with Crippen molar-refractivity contribution in [2.45, 2.75) is 50.8 Å². The second-order valence-electron chi connectivity index (χ2n) is 9.49. The number of H-pyrrole nitrogens is 1. The van der Waals surface area contributed by atoms with Crippen LogP contribution in [-0.4, -0.2) is 74.5 Å². The van der Waals surface area contributed by atoms with Crippen molar-refractivity contribution in [1.29, 1.82) is 0 Å². The Labute approximate surface area is 193 Å². The van der Waals surface area contributed by atoms with Gasteiger partial charge in [0, 0.05) is 43.0 Å². The van der Waals surface area contributed by atoms with Gasteiger partial charge in [0.15, 0.2) is 0 Å². The normalized spacial score (nSPS) is 27.5. The Balaban J connectivity index is 1.27. The highest BCUT2D eigenvalue weighted by atomic mass is 16.3. The fraction of sp³-hybridized carbons (Fsp3) is 0.440. The molecular weight excluding hydrogens is 416 g/mol. The summed E-state index contributed by atoms with van der Waals surface area (Å²) in [6.07, 6.45) is 9.70. The topological polar surface area (TPSA) is 87.2 Å². The lowest BCUT2D eigenvalue weighted by Gasteiger charge is -2.39. The maximum Gasteiger partial charge on any atom is 0.256 e. The highest BCUT2D eigenvalue weighted by Gasteiger charge is 2.38. The van der Waals surface area contributed by atoms with Crippen molar-refractivity contribution in [1.82, 2.24) is 25.2 Å². The van der Waals surface area contributed by atoms with E-state index in [9.17, 15) is 9.90 Å². The minimum absolute atomic E-state index is 0.00316. The second-order valence-corrected chi connectivity index (χ2v) is 9.49. The molecule has 0 radical (unpaired) electrons. The predicted molar refractivity (Wildman–Crippen MR) is 127 cm³/mol. The van der Waals surface area contributed by atoms with E-state index in [2.05, 4.69) is 34.5 Å². The van der Waals surface area contributed by atoms with Crippen LogP contribution in [0.3, 0.4) is 0 Å². The molecule has 3 atom stereocenters. The number of piperidine rings is 1. The zero-order valence-electron chi connectivity index (χ0n) is 18.9. The summed E-state index contributed by atoms with van der Waals surface area (Å²) >= 11 is 0. The van der Waals surface area contributed by atoms with Gasteiger partial charge in [-0.3, -0.25) is 9.80 Å². The molecule has 4 aliphatic rings. The molecule has 8 heteroatoms. The average molecular weight is 447 g/mol. The first kappa shape index (κ1) is 20.5. The molecule has 1 aromatic heterocycles. The van der Waals surface area contributed by atoms with Gasteiger partial charge in [-0.15, -0.1) is 0 Å². The third-order valence-corrected chi connectivity index (χ3v) is 7.26. The number of nitrogens with zero attached hydrogens (tertiary/aromatic N) is 4. The quantitative estimate of drug-likeness (QED) is 0.660. The number of amides is 1. The van der Waals surface area contributed by atoms with Crippen LogP contribution < -0.4 is 5.43 Å². The van der Waals surface area contributed by atoms with Crippen molar-refractivity contribution in [3.63, 3.8) is 0 Å². The van der Waals surface area contributed by atoms with Crippen LogP contribution in [0.5, 0.6) is 0 Å². The molecule has 0 spiro atoms. The molecule has 0 bridgehead atoms. The molecule has 2 aromatic rings. The Morgan fingerprint density at radius 3 is 2.94 bits per heavy atom. The van der Waals surface area contributed by atoms with Gasteiger partial charge in [-0.1, -0.05) is 12.1 Å². The van der Waals surface area contributed by atoms with Crippen molar-refractivity contribution in [2.24, 2.45) is 4.99 Å². The van der Waals surface area contributed by atoms with Crippen LogP contribution in [0.2, 0.25) is 0 Å². The van der Waals surface area contributed by atoms with Crippen LogP contribution in [-0.2, 0) is 0 Å². The number of carbonyl (C=O) groups is 1. The summed E-state index contributed by atoms with van der Waals surface area (Å²) in [5.41, 5.74) is 6.28. The van der Waals surface area contributed by atoms with E-state index in [0.29, 0.717) is 6.54 Å². The van der Waals surface area contributed by atoms with Crippen LogP contribution in [0, 0.1) is 0 Å². The molecule has 0 aliphatic carbocycles. The lowest BCUT2D eigenvalue weighted by atomic mass is 9.94. The van der Waals surface area contributed by atoms with E-state index in [1.165, 1.54) is 0 Å². The maximum atomic E-state index is 13.7. The minimum atomic E-state index is -0.284. The zero-order chi connectivity index (χ0) is 22.5. The number of aliphatic hydroxyl groups is 1. The number of aromatic amines is 1. The molecule has 1 aromatic carbocycles. The zero-order valence-corrected chi connectivity index (χ0v) is 18.9. The number of hydrazine groups is 1. The van der Waals surface area contributed by atoms with Gasteiger partial charge in [0.2, 0.25) is 0 Å². The van der Waals surface area contributed by atoms with E-state index in [1.54, 1.807) is 0 Å². The van der Waals surface area contributed by atoms with Crippen molar-refractivity contribution in [2.75, 3.05) is 19.6 Å². The predicted octanol–water partition coefficient (Wildman–Crippen LogP) is 2.58. The molecule has 2 unspecified atom stereocenters. The number of hydrogen-bond acceptors (Lipinski definition) is 6. The molecule has 5 heterocycles. The molecule has 0 saturated carbocycles. The first-order valence-corrected chi connectivity index (χ1v) is 11.9. The van der Waals surface area contributed by atoms with E-state index in [0.717, 1.165) is 72.5 Å². The molecular formula is C25H30N6O2. The number of likely N-dealkylation sites (tertiary alicyclic amines) is 2. The Hall–Kier alpha value is -3.10. The van der Waals surface area contributed by atoms with Gasteiger partial charge < -0.3 is 19.9 Å². The smallest absolute Gasteiger partial charge is 0.256 e. The molecule has 3 N–H and O–H groups in total. The molecule has 33 heavy (non-hydrogen) atoms. The summed E-state index contributed by atoms with van der Waals surface area (Å²) in [6.45, 7) is 4.27. The van der Waals surface area contributed by atoms with Crippen molar-refractivity contribution in [3.8, 4) is 0 Å². The number of carbonyl (C=O) groups excluding carboxylic acids is 1. The number of hydrogen-bond donors (Lipinski definition) is 3. The summed E-state index contributed by atoms with van der Waals surface area (Å²) < 4.78 is 0. The number of aromatic nitrogens is 1. The molecule has 2 saturated heterocycles. The summed E-state index contributed by atoms with van der Waals surface area (Å²) in [4.78, 5) is 26.1. The monoisotopic (exact) mass is 446 g/mol. The van der Waals surface area contributed by atoms with Gasteiger partial charge in [-0.25, -0.2) is 10.4 Å². The Morgan fingerprint density at radius 2 is 2.09 bits per heavy atom. The van der Waals surface area contributed by atoms with E-state index < -0.39 is 0 Å². The van der Waals surface area contributed by atoms with E-state index >= 15 is 0 Å². The summed E-state index contributed by atoms with van der Waals surface area (Å²) in [5, 5.41) is 13.0. The third-order valence-electron chi connectivity index (χ3n) is 7.26. The van der Waals surface area contributed by atoms with Gasteiger partial charge in [-0.2, -0.15) is 0 Å². The van der Waals surface area contributed by atoms with Crippen LogP contribution in [0.4, 0.5) is 0 Å². The number of aliphatic imine (C=N–C) groups is 1. The Bertz CT molecular complexity index is 1180. The van der Waals surface area contributed by atoms with Crippen LogP contribution in [0.25, 0.3) is 10.9 Å². The van der Waals surface area contributed by atoms with E-state index in [4.69, 9.17) is 4.99 Å². The summed E-state index contributed by atoms with van der Waals surface area (Å²) in [5.74, 6) is 1.89. The highest BCUT2D eigenvalue weighted by molar-refractivity contribution is 6.06. The van der Waals surface area contributed by atoms with Gasteiger partial charge in [0.1, 0.15) is 11.7 Å². The SMILES string of the molecule is CC1=CN2NC(C3CCCCN3C(=O)c3cccc4cc[nH]c34)C=C2N=C1N1CC[C@@H](O)C1. The van der Waals surface area contributed by atoms with Crippen LogP contribution >= 0.6 is 0 Å². The molecule has 2 fully saturated rings. The molecule has 8 nitrogen and oxygen atoms in total. The first-order valence-electron chi connectivity index (χ1n) is 11.9. The fourth-order valence-electron chi connectivity index (χ4n) is 5.60. The van der Waals surface area contributed by atoms with Crippen LogP contribution in [0.1, 0.15) is 43.0 Å².